The average molecular weight is 223 g/mol. The van der Waals surface area contributed by atoms with Crippen molar-refractivity contribution in [3.05, 3.63) is 0 Å². The number of amides is 1. The van der Waals surface area contributed by atoms with E-state index in [4.69, 9.17) is 4.18 Å². The van der Waals surface area contributed by atoms with Gasteiger partial charge < -0.3 is 4.74 Å². The van der Waals surface area contributed by atoms with E-state index in [0.717, 1.165) is 11.5 Å². The molecule has 5 nitrogen and oxygen atoms in total. The standard InChI is InChI=1S/C6H9NO4S2/c1-10-6(8)7-4-2-12-3-5(4)11-13(7)9/h4-5H,2-3H2,1H3. The third-order valence-corrected chi connectivity index (χ3v) is 4.32. The molecule has 3 unspecified atom stereocenters. The Kier molecular flexibility index (Phi) is 2.48. The Bertz CT molecular complexity index is 251. The normalized spacial score (nSPS) is 37.6. The van der Waals surface area contributed by atoms with Crippen molar-refractivity contribution in [1.82, 2.24) is 4.31 Å². The van der Waals surface area contributed by atoms with Gasteiger partial charge in [-0.15, -0.1) is 0 Å². The number of rotatable bonds is 0. The van der Waals surface area contributed by atoms with E-state index in [1.54, 1.807) is 11.8 Å². The molecule has 0 bridgehead atoms. The summed E-state index contributed by atoms with van der Waals surface area (Å²) < 4.78 is 22.1. The Morgan fingerprint density at radius 1 is 1.69 bits per heavy atom. The fourth-order valence-corrected chi connectivity index (χ4v) is 3.96. The lowest BCUT2D eigenvalue weighted by Gasteiger charge is -2.16. The highest BCUT2D eigenvalue weighted by atomic mass is 32.2. The van der Waals surface area contributed by atoms with Gasteiger partial charge in [0, 0.05) is 11.5 Å². The van der Waals surface area contributed by atoms with Crippen LogP contribution in [0.1, 0.15) is 0 Å². The molecule has 0 aromatic rings. The zero-order chi connectivity index (χ0) is 9.42. The lowest BCUT2D eigenvalue weighted by Crippen LogP contribution is -2.39. The molecule has 2 aliphatic heterocycles. The fraction of sp³-hybridized carbons (Fsp3) is 0.833. The van der Waals surface area contributed by atoms with Gasteiger partial charge in [-0.1, -0.05) is 0 Å². The van der Waals surface area contributed by atoms with E-state index in [-0.39, 0.29) is 12.1 Å². The van der Waals surface area contributed by atoms with Crippen molar-refractivity contribution < 1.29 is 17.9 Å². The van der Waals surface area contributed by atoms with Gasteiger partial charge in [-0.2, -0.15) is 16.1 Å². The number of fused-ring (bicyclic) bond motifs is 1. The predicted octanol–water partition coefficient (Wildman–Crippen LogP) is 0.148. The van der Waals surface area contributed by atoms with Crippen LogP contribution in [0.4, 0.5) is 4.79 Å². The molecule has 74 valence electrons. The summed E-state index contributed by atoms with van der Waals surface area (Å²) in [7, 11) is 1.27. The van der Waals surface area contributed by atoms with Crippen molar-refractivity contribution in [3.8, 4) is 0 Å². The molecule has 13 heavy (non-hydrogen) atoms. The van der Waals surface area contributed by atoms with Crippen LogP contribution in [-0.4, -0.2) is 45.4 Å². The molecule has 0 spiro atoms. The van der Waals surface area contributed by atoms with E-state index in [9.17, 15) is 9.00 Å². The molecule has 0 aliphatic carbocycles. The number of ether oxygens (including phenoxy) is 1. The highest BCUT2D eigenvalue weighted by Crippen LogP contribution is 2.33. The molecule has 2 aliphatic rings. The van der Waals surface area contributed by atoms with Gasteiger partial charge in [-0.05, 0) is 0 Å². The third kappa shape index (κ3) is 1.44. The quantitative estimate of drug-likeness (QED) is 0.585. The number of methoxy groups -OCH3 is 1. The fourth-order valence-electron chi connectivity index (χ4n) is 1.38. The molecule has 0 radical (unpaired) electrons. The molecule has 2 saturated heterocycles. The minimum absolute atomic E-state index is 0.0849. The Morgan fingerprint density at radius 2 is 2.46 bits per heavy atom. The van der Waals surface area contributed by atoms with Crippen LogP contribution in [0.3, 0.4) is 0 Å². The van der Waals surface area contributed by atoms with E-state index >= 15 is 0 Å². The summed E-state index contributed by atoms with van der Waals surface area (Å²) in [6.45, 7) is 0. The van der Waals surface area contributed by atoms with Crippen LogP contribution in [-0.2, 0) is 20.2 Å². The first-order chi connectivity index (χ1) is 6.24. The maximum absolute atomic E-state index is 11.3. The minimum Gasteiger partial charge on any atom is -0.452 e. The molecule has 2 fully saturated rings. The number of carbonyl (C=O) groups is 1. The second-order valence-electron chi connectivity index (χ2n) is 2.75. The summed E-state index contributed by atoms with van der Waals surface area (Å²) in [6, 6.07) is -0.0849. The van der Waals surface area contributed by atoms with Crippen molar-refractivity contribution in [3.63, 3.8) is 0 Å². The van der Waals surface area contributed by atoms with Crippen LogP contribution in [0.5, 0.6) is 0 Å². The maximum atomic E-state index is 11.3. The summed E-state index contributed by atoms with van der Waals surface area (Å²) in [4.78, 5) is 11.2. The summed E-state index contributed by atoms with van der Waals surface area (Å²) in [5.74, 6) is 1.56. The van der Waals surface area contributed by atoms with Crippen molar-refractivity contribution in [2.45, 2.75) is 12.1 Å². The second-order valence-corrected chi connectivity index (χ2v) is 4.85. The Labute approximate surface area is 82.5 Å². The molecule has 0 aromatic carbocycles. The topological polar surface area (TPSA) is 55.8 Å². The summed E-state index contributed by atoms with van der Waals surface area (Å²) in [6.07, 6.45) is -0.668. The molecular weight excluding hydrogens is 214 g/mol. The molecule has 2 rings (SSSR count). The monoisotopic (exact) mass is 223 g/mol. The zero-order valence-electron chi connectivity index (χ0n) is 6.97. The SMILES string of the molecule is COC(=O)N1C2CSCC2OS1=O. The zero-order valence-corrected chi connectivity index (χ0v) is 8.60. The first-order valence-corrected chi connectivity index (χ1v) is 5.96. The highest BCUT2D eigenvalue weighted by Gasteiger charge is 2.47. The van der Waals surface area contributed by atoms with Gasteiger partial charge in [-0.3, -0.25) is 4.18 Å². The van der Waals surface area contributed by atoms with Gasteiger partial charge in [0.25, 0.3) is 11.3 Å². The van der Waals surface area contributed by atoms with Crippen LogP contribution < -0.4 is 0 Å². The minimum atomic E-state index is -1.65. The van der Waals surface area contributed by atoms with Crippen LogP contribution >= 0.6 is 11.8 Å². The van der Waals surface area contributed by atoms with Gasteiger partial charge in [-0.25, -0.2) is 9.00 Å². The number of carbonyl (C=O) groups excluding carboxylic acids is 1. The molecule has 0 saturated carbocycles. The lowest BCUT2D eigenvalue weighted by atomic mass is 10.2. The first kappa shape index (κ1) is 9.29. The van der Waals surface area contributed by atoms with Crippen molar-refractivity contribution in [2.24, 2.45) is 0 Å². The van der Waals surface area contributed by atoms with Gasteiger partial charge >= 0.3 is 6.09 Å². The van der Waals surface area contributed by atoms with Crippen LogP contribution in [0.15, 0.2) is 0 Å². The Balaban J connectivity index is 2.16. The van der Waals surface area contributed by atoms with Crippen LogP contribution in [0.25, 0.3) is 0 Å². The lowest BCUT2D eigenvalue weighted by molar-refractivity contribution is 0.141. The van der Waals surface area contributed by atoms with E-state index in [1.165, 1.54) is 11.4 Å². The van der Waals surface area contributed by atoms with Crippen molar-refractivity contribution in [2.75, 3.05) is 18.6 Å². The molecule has 2 heterocycles. The highest BCUT2D eigenvalue weighted by molar-refractivity contribution is 7.99. The van der Waals surface area contributed by atoms with E-state index < -0.39 is 17.4 Å². The van der Waals surface area contributed by atoms with E-state index in [1.807, 2.05) is 0 Å². The van der Waals surface area contributed by atoms with Crippen LogP contribution in [0.2, 0.25) is 0 Å². The van der Waals surface area contributed by atoms with Gasteiger partial charge in [0.05, 0.1) is 13.2 Å². The van der Waals surface area contributed by atoms with Crippen molar-refractivity contribution >= 4 is 29.1 Å². The first-order valence-electron chi connectivity index (χ1n) is 3.78. The third-order valence-electron chi connectivity index (χ3n) is 2.02. The molecule has 0 aromatic heterocycles. The number of thioether (sulfide) groups is 1. The molecule has 7 heteroatoms. The number of hydrogen-bond acceptors (Lipinski definition) is 5. The summed E-state index contributed by atoms with van der Waals surface area (Å²) in [5.41, 5.74) is 0. The van der Waals surface area contributed by atoms with Crippen molar-refractivity contribution in [1.29, 1.82) is 0 Å². The Hall–Kier alpha value is -0.270. The largest absolute Gasteiger partial charge is 0.452 e. The maximum Gasteiger partial charge on any atom is 0.423 e. The molecule has 3 atom stereocenters. The number of hydrogen-bond donors (Lipinski definition) is 0. The smallest absolute Gasteiger partial charge is 0.423 e. The number of nitrogens with zero attached hydrogens (tertiary/aromatic N) is 1. The van der Waals surface area contributed by atoms with Gasteiger partial charge in [0.15, 0.2) is 0 Å². The summed E-state index contributed by atoms with van der Waals surface area (Å²) in [5, 5.41) is 0. The average Bonchev–Trinajstić information content (AvgIpc) is 2.62. The van der Waals surface area contributed by atoms with Gasteiger partial charge in [0.1, 0.15) is 6.10 Å². The predicted molar refractivity (Wildman–Crippen MR) is 48.4 cm³/mol. The molecule has 1 amide bonds. The van der Waals surface area contributed by atoms with E-state index in [0.29, 0.717) is 0 Å². The molecular formula is C6H9NO4S2. The van der Waals surface area contributed by atoms with E-state index in [2.05, 4.69) is 4.74 Å². The second kappa shape index (κ2) is 3.47. The van der Waals surface area contributed by atoms with Crippen LogP contribution in [0, 0.1) is 0 Å². The summed E-state index contributed by atoms with van der Waals surface area (Å²) >= 11 is 0.0370. The van der Waals surface area contributed by atoms with Gasteiger partial charge in [0.2, 0.25) is 0 Å². The Morgan fingerprint density at radius 3 is 3.15 bits per heavy atom. The molecule has 0 N–H and O–H groups in total.